The fraction of sp³-hybridized carbons (Fsp3) is 1.00. The van der Waals surface area contributed by atoms with E-state index in [4.69, 9.17) is 0 Å². The second kappa shape index (κ2) is 55.6. The van der Waals surface area contributed by atoms with E-state index < -0.39 is 143 Å². The monoisotopic (exact) mass is 1320 g/mol. The molecule has 67 heavy (non-hydrogen) atoms. The van der Waals surface area contributed by atoms with Crippen LogP contribution in [0.2, 0.25) is 0 Å². The van der Waals surface area contributed by atoms with Gasteiger partial charge in [-0.05, 0) is 0 Å². The van der Waals surface area contributed by atoms with Crippen molar-refractivity contribution < 1.29 is 328 Å². The zero-order valence-corrected chi connectivity index (χ0v) is 66.6. The maximum Gasteiger partial charge on any atom is 2.00 e. The van der Waals surface area contributed by atoms with Gasteiger partial charge in [-0.15, -0.1) is 0 Å². The molecule has 0 aliphatic heterocycles. The Morgan fingerprint density at radius 2 is 0.299 bits per heavy atom. The number of phosphoric ester groups is 8. The number of hydrogen-bond donors (Lipinski definition) is 0. The quantitative estimate of drug-likeness (QED) is 0.0366. The van der Waals surface area contributed by atoms with Crippen LogP contribution in [0, 0.1) is 0 Å². The van der Waals surface area contributed by atoms with Gasteiger partial charge in [-0.3, -0.25) is 19.6 Å². The number of rotatable bonds is 30. The first kappa shape index (κ1) is 111. The van der Waals surface area contributed by atoms with Crippen LogP contribution in [0.5, 0.6) is 0 Å². The fourth-order valence-electron chi connectivity index (χ4n) is 2.45. The molecular formula is C12H24Ca5N4Na6O32P8. The van der Waals surface area contributed by atoms with E-state index in [9.17, 15) is 115 Å². The predicted octanol–water partition coefficient (Wildman–Crippen LogP) is -34.3. The largest absolute Gasteiger partial charge is 2.00 e. The standard InChI is InChI=1S/2C6H20N2O16P4.5Ca.6Na/c2*9-25(10,11)21-3-7(4-22-26(12,13)14)1-2-8(5-23-27(15,16)17)6-24-28(18,19)20;;;;;;;;;;;/h2*1-6H2,(H2,9,10,11)(H2,12,13,14)(H2,15,16,17)(H2,18,19,20);;;;;;;;;;;/q;;5*+2;6*+1/p-16. The predicted molar refractivity (Wildman–Crippen MR) is 164 cm³/mol. The third kappa shape index (κ3) is 92.9. The minimum absolute atomic E-state index is 0. The molecule has 0 amide bonds. The Morgan fingerprint density at radius 3 is 0.358 bits per heavy atom. The van der Waals surface area contributed by atoms with Crippen LogP contribution in [0.15, 0.2) is 0 Å². The van der Waals surface area contributed by atoms with Crippen molar-refractivity contribution in [2.75, 3.05) is 80.0 Å². The Hall–Kier alpha value is 13.0. The molecule has 0 aromatic rings. The van der Waals surface area contributed by atoms with Crippen LogP contribution in [0.4, 0.5) is 0 Å². The third-order valence-corrected chi connectivity index (χ3v) is 8.11. The molecule has 0 heterocycles. The summed E-state index contributed by atoms with van der Waals surface area (Å²) in [5.41, 5.74) is 0. The summed E-state index contributed by atoms with van der Waals surface area (Å²) in [6, 6.07) is 0. The van der Waals surface area contributed by atoms with Gasteiger partial charge in [0.15, 0.2) is 0 Å². The van der Waals surface area contributed by atoms with Gasteiger partial charge in [-0.1, -0.05) is 0 Å². The molecule has 0 bridgehead atoms. The van der Waals surface area contributed by atoms with Crippen LogP contribution >= 0.6 is 62.6 Å². The summed E-state index contributed by atoms with van der Waals surface area (Å²) in [6.07, 6.45) is 0. The van der Waals surface area contributed by atoms with Crippen molar-refractivity contribution in [2.45, 2.75) is 0 Å². The minimum Gasteiger partial charge on any atom is -0.790 e. The summed E-state index contributed by atoms with van der Waals surface area (Å²) in [4.78, 5) is 170. The van der Waals surface area contributed by atoms with Gasteiger partial charge in [0.05, 0.1) is 62.6 Å². The minimum atomic E-state index is -5.53. The molecule has 0 atom stereocenters. The zero-order chi connectivity index (χ0) is 44.5. The molecule has 0 rings (SSSR count). The van der Waals surface area contributed by atoms with Crippen LogP contribution in [-0.4, -0.2) is 288 Å². The average molecular weight is 1320 g/mol. The van der Waals surface area contributed by atoms with E-state index >= 15 is 0 Å². The molecule has 0 saturated carbocycles. The van der Waals surface area contributed by atoms with E-state index in [0.29, 0.717) is 19.6 Å². The molecule has 0 saturated heterocycles. The van der Waals surface area contributed by atoms with E-state index in [2.05, 4.69) is 36.2 Å². The van der Waals surface area contributed by atoms with E-state index in [1.165, 1.54) is 0 Å². The van der Waals surface area contributed by atoms with Crippen LogP contribution in [0.3, 0.4) is 0 Å². The normalized spacial score (nSPS) is 11.9. The second-order valence-corrected chi connectivity index (χ2v) is 18.4. The summed E-state index contributed by atoms with van der Waals surface area (Å²) in [5, 5.41) is 0. The summed E-state index contributed by atoms with van der Waals surface area (Å²) in [6.45, 7) is -11.3. The number of nitrogens with zero attached hydrogens (tertiary/aromatic N) is 4. The molecule has 340 valence electrons. The van der Waals surface area contributed by atoms with Crippen LogP contribution in [-0.2, 0) is 72.7 Å². The molecule has 55 heteroatoms. The number of phosphoric acid groups is 8. The van der Waals surface area contributed by atoms with Crippen molar-refractivity contribution >= 4 is 251 Å². The van der Waals surface area contributed by atoms with Gasteiger partial charge in [0.25, 0.3) is 0 Å². The topological polar surface area (TPSA) is 592 Å². The van der Waals surface area contributed by atoms with Crippen molar-refractivity contribution in [1.29, 1.82) is 0 Å². The van der Waals surface area contributed by atoms with Crippen molar-refractivity contribution in [3.63, 3.8) is 0 Å². The Bertz CT molecular complexity index is 1250. The Morgan fingerprint density at radius 1 is 0.224 bits per heavy atom. The SMILES string of the molecule is O=P([O-])([O-])OCN(CCN(COP(=O)([O-])[O-])COP(=O)([O-])[O-])COP(=O)([O-])[O-].O=P([O-])([O-])OCN(CCN(COP(=O)([O-])[O-])COP(=O)([O-])[O-])COP(=O)([O-])[O-].[Ca+2].[Ca+2].[Ca+2].[Ca+2].[Ca+2].[Na+].[Na+].[Na+].[Na+].[Na+].[Na+]. The first-order chi connectivity index (χ1) is 24.7. The van der Waals surface area contributed by atoms with Gasteiger partial charge in [-0.2, -0.15) is 0 Å². The Labute approximate surface area is 664 Å². The summed E-state index contributed by atoms with van der Waals surface area (Å²) < 4.78 is 114. The molecule has 36 nitrogen and oxygen atoms in total. The Balaban J connectivity index is -0.0000000680. The van der Waals surface area contributed by atoms with Crippen LogP contribution < -0.4 is 256 Å². The molecule has 0 fully saturated rings. The van der Waals surface area contributed by atoms with Gasteiger partial charge in [0.1, 0.15) is 53.8 Å². The van der Waals surface area contributed by atoms with Gasteiger partial charge < -0.3 is 151 Å². The fourth-order valence-corrected chi connectivity index (χ4v) is 4.89. The smallest absolute Gasteiger partial charge is 0.790 e. The summed E-state index contributed by atoms with van der Waals surface area (Å²) >= 11 is 0. The molecule has 0 aliphatic carbocycles. The molecular weight excluding hydrogens is 1300 g/mol. The second-order valence-electron chi connectivity index (χ2n) is 9.22. The van der Waals surface area contributed by atoms with Crippen LogP contribution in [0.1, 0.15) is 0 Å². The summed E-state index contributed by atoms with van der Waals surface area (Å²) in [5.74, 6) is 0. The molecule has 0 spiro atoms. The molecule has 0 aromatic heterocycles. The molecule has 0 unspecified atom stereocenters. The molecule has 0 aromatic carbocycles. The van der Waals surface area contributed by atoms with E-state index in [0.717, 1.165) is 0 Å². The van der Waals surface area contributed by atoms with E-state index in [1.54, 1.807) is 0 Å². The van der Waals surface area contributed by atoms with E-state index in [1.807, 2.05) is 0 Å². The van der Waals surface area contributed by atoms with E-state index in [-0.39, 0.29) is 366 Å². The van der Waals surface area contributed by atoms with Gasteiger partial charge in [0, 0.05) is 26.2 Å². The first-order valence-corrected chi connectivity index (χ1v) is 24.6. The molecule has 0 radical (unpaired) electrons. The molecule has 0 aliphatic rings. The molecule has 0 N–H and O–H groups in total. The van der Waals surface area contributed by atoms with Gasteiger partial charge in [0.2, 0.25) is 0 Å². The van der Waals surface area contributed by atoms with Gasteiger partial charge >= 0.3 is 366 Å². The van der Waals surface area contributed by atoms with Crippen molar-refractivity contribution in [1.82, 2.24) is 19.6 Å². The maximum atomic E-state index is 10.5. The van der Waals surface area contributed by atoms with Gasteiger partial charge in [-0.25, -0.2) is 0 Å². The maximum absolute atomic E-state index is 10.5. The van der Waals surface area contributed by atoms with Crippen LogP contribution in [0.25, 0.3) is 0 Å². The third-order valence-electron chi connectivity index (χ3n) is 4.65. The van der Waals surface area contributed by atoms with Crippen molar-refractivity contribution in [3.8, 4) is 0 Å². The zero-order valence-electron chi connectivity index (χ0n) is 36.5. The van der Waals surface area contributed by atoms with Crippen molar-refractivity contribution in [3.05, 3.63) is 0 Å². The first-order valence-electron chi connectivity index (χ1n) is 12.9. The average Bonchev–Trinajstić information content (AvgIpc) is 2.94. The number of hydrogen-bond acceptors (Lipinski definition) is 36. The van der Waals surface area contributed by atoms with Crippen molar-refractivity contribution in [2.24, 2.45) is 0 Å². The summed E-state index contributed by atoms with van der Waals surface area (Å²) in [7, 11) is -44.2. The Kier molecular flexibility index (Phi) is 92.3.